The number of aromatic nitrogens is 1. The lowest BCUT2D eigenvalue weighted by Gasteiger charge is -2.41. The summed E-state index contributed by atoms with van der Waals surface area (Å²) in [6.45, 7) is 3.00. The predicted octanol–water partition coefficient (Wildman–Crippen LogP) is 4.59. The average Bonchev–Trinajstić information content (AvgIpc) is 2.89. The van der Waals surface area contributed by atoms with Crippen molar-refractivity contribution in [1.29, 1.82) is 0 Å². The highest BCUT2D eigenvalue weighted by Gasteiger charge is 2.44. The lowest BCUT2D eigenvalue weighted by molar-refractivity contribution is -0.137. The molecule has 2 heterocycles. The van der Waals surface area contributed by atoms with E-state index in [-0.39, 0.29) is 23.7 Å². The Hall–Kier alpha value is -3.54. The molecular weight excluding hydrogens is 429 g/mol. The molecule has 1 aliphatic heterocycles. The van der Waals surface area contributed by atoms with Crippen LogP contribution in [0.2, 0.25) is 0 Å². The van der Waals surface area contributed by atoms with Gasteiger partial charge in [0.25, 0.3) is 0 Å². The fourth-order valence-corrected chi connectivity index (χ4v) is 4.65. The smallest absolute Gasteiger partial charge is 0.231 e. The molecule has 34 heavy (non-hydrogen) atoms. The maximum Gasteiger partial charge on any atom is 0.231 e. The third-order valence-electron chi connectivity index (χ3n) is 6.80. The molecule has 6 heteroatoms. The maximum absolute atomic E-state index is 13.7. The van der Waals surface area contributed by atoms with Crippen LogP contribution in [0.3, 0.4) is 0 Å². The Bertz CT molecular complexity index is 1100. The minimum Gasteiger partial charge on any atom is -0.349 e. The number of aryl methyl sites for hydroxylation is 1. The largest absolute Gasteiger partial charge is 0.349 e. The van der Waals surface area contributed by atoms with Crippen LogP contribution in [0.15, 0.2) is 79.1 Å². The second-order valence-corrected chi connectivity index (χ2v) is 8.94. The van der Waals surface area contributed by atoms with Crippen LogP contribution in [0, 0.1) is 5.82 Å². The number of hydrogen-bond acceptors (Lipinski definition) is 3. The molecule has 3 aromatic rings. The van der Waals surface area contributed by atoms with Crippen molar-refractivity contribution in [3.63, 3.8) is 0 Å². The van der Waals surface area contributed by atoms with Crippen LogP contribution >= 0.6 is 0 Å². The molecule has 1 unspecified atom stereocenters. The Labute approximate surface area is 200 Å². The number of nitrogens with one attached hydrogen (secondary N) is 1. The summed E-state index contributed by atoms with van der Waals surface area (Å²) in [5, 5.41) is 3.19. The molecule has 0 radical (unpaired) electrons. The molecule has 1 saturated heterocycles. The predicted molar refractivity (Wildman–Crippen MR) is 129 cm³/mol. The van der Waals surface area contributed by atoms with E-state index in [9.17, 15) is 14.0 Å². The summed E-state index contributed by atoms with van der Waals surface area (Å²) in [4.78, 5) is 32.5. The van der Waals surface area contributed by atoms with Gasteiger partial charge in [-0.15, -0.1) is 0 Å². The number of hydrogen-bond donors (Lipinski definition) is 1. The molecular formula is C28H30FN3O2. The molecule has 2 aromatic carbocycles. The highest BCUT2D eigenvalue weighted by Crippen LogP contribution is 2.37. The standard InChI is InChI=1S/C28H30FN3O2/c1-21(23-6-5-17-30-20-23)31-27(34)28(24-7-3-2-4-8-24)15-18-32(19-16-28)26(33)14-11-22-9-12-25(29)13-10-22/h2-10,12-13,17,20-21H,11,14-16,18-19H2,1H3,(H,31,34). The van der Waals surface area contributed by atoms with Gasteiger partial charge in [-0.25, -0.2) is 4.39 Å². The van der Waals surface area contributed by atoms with Crippen molar-refractivity contribution in [3.05, 3.63) is 102 Å². The van der Waals surface area contributed by atoms with Gasteiger partial charge in [0.15, 0.2) is 0 Å². The van der Waals surface area contributed by atoms with E-state index < -0.39 is 5.41 Å². The number of amides is 2. The lowest BCUT2D eigenvalue weighted by Crippen LogP contribution is -2.53. The second-order valence-electron chi connectivity index (χ2n) is 8.94. The highest BCUT2D eigenvalue weighted by molar-refractivity contribution is 5.89. The highest BCUT2D eigenvalue weighted by atomic mass is 19.1. The van der Waals surface area contributed by atoms with Crippen LogP contribution in [-0.4, -0.2) is 34.8 Å². The Kier molecular flexibility index (Phi) is 7.36. The zero-order valence-electron chi connectivity index (χ0n) is 19.4. The van der Waals surface area contributed by atoms with Crippen molar-refractivity contribution < 1.29 is 14.0 Å². The Morgan fingerprint density at radius 2 is 1.74 bits per heavy atom. The van der Waals surface area contributed by atoms with Crippen LogP contribution in [0.4, 0.5) is 4.39 Å². The minimum absolute atomic E-state index is 0.0199. The zero-order valence-corrected chi connectivity index (χ0v) is 19.4. The first-order valence-corrected chi connectivity index (χ1v) is 11.8. The van der Waals surface area contributed by atoms with Crippen LogP contribution in [0.25, 0.3) is 0 Å². The molecule has 2 amide bonds. The summed E-state index contributed by atoms with van der Waals surface area (Å²) in [6.07, 6.45) is 5.54. The second kappa shape index (κ2) is 10.6. The first kappa shape index (κ1) is 23.6. The molecule has 1 aliphatic rings. The minimum atomic E-state index is -0.689. The fraction of sp³-hybridized carbons (Fsp3) is 0.321. The van der Waals surface area contributed by atoms with E-state index >= 15 is 0 Å². The van der Waals surface area contributed by atoms with Crippen molar-refractivity contribution in [2.45, 2.75) is 44.1 Å². The summed E-state index contributed by atoms with van der Waals surface area (Å²) in [5.41, 5.74) is 2.18. The van der Waals surface area contributed by atoms with Gasteiger partial charge in [-0.05, 0) is 61.1 Å². The van der Waals surface area contributed by atoms with E-state index in [0.29, 0.717) is 38.8 Å². The van der Waals surface area contributed by atoms with E-state index in [0.717, 1.165) is 16.7 Å². The maximum atomic E-state index is 13.7. The van der Waals surface area contributed by atoms with Gasteiger partial charge in [-0.3, -0.25) is 14.6 Å². The number of benzene rings is 2. The molecule has 1 N–H and O–H groups in total. The summed E-state index contributed by atoms with van der Waals surface area (Å²) in [5.74, 6) is -0.233. The number of nitrogens with zero attached hydrogens (tertiary/aromatic N) is 2. The first-order chi connectivity index (χ1) is 16.5. The quantitative estimate of drug-likeness (QED) is 0.562. The van der Waals surface area contributed by atoms with Crippen LogP contribution in [0.1, 0.15) is 48.9 Å². The van der Waals surface area contributed by atoms with Crippen molar-refractivity contribution in [2.24, 2.45) is 0 Å². The topological polar surface area (TPSA) is 62.3 Å². The summed E-state index contributed by atoms with van der Waals surface area (Å²) in [7, 11) is 0. The first-order valence-electron chi connectivity index (χ1n) is 11.8. The molecule has 0 saturated carbocycles. The van der Waals surface area contributed by atoms with Crippen LogP contribution in [-0.2, 0) is 21.4 Å². The van der Waals surface area contributed by atoms with E-state index in [1.165, 1.54) is 12.1 Å². The van der Waals surface area contributed by atoms with E-state index in [1.54, 1.807) is 24.5 Å². The van der Waals surface area contributed by atoms with E-state index in [2.05, 4.69) is 10.3 Å². The third-order valence-corrected chi connectivity index (χ3v) is 6.80. The number of halogens is 1. The van der Waals surface area contributed by atoms with Gasteiger partial charge in [0.1, 0.15) is 5.82 Å². The number of carbonyl (C=O) groups is 2. The normalized spacial score (nSPS) is 16.0. The molecule has 0 bridgehead atoms. The van der Waals surface area contributed by atoms with Crippen LogP contribution in [0.5, 0.6) is 0 Å². The SMILES string of the molecule is CC(NC(=O)C1(c2ccccc2)CCN(C(=O)CCc2ccc(F)cc2)CC1)c1cccnc1. The van der Waals surface area contributed by atoms with Crippen molar-refractivity contribution >= 4 is 11.8 Å². The summed E-state index contributed by atoms with van der Waals surface area (Å²) >= 11 is 0. The Balaban J connectivity index is 1.44. The molecule has 176 valence electrons. The Morgan fingerprint density at radius 1 is 1.03 bits per heavy atom. The van der Waals surface area contributed by atoms with Gasteiger partial charge in [-0.1, -0.05) is 48.5 Å². The lowest BCUT2D eigenvalue weighted by atomic mass is 9.71. The van der Waals surface area contributed by atoms with Crippen LogP contribution < -0.4 is 5.32 Å². The monoisotopic (exact) mass is 459 g/mol. The number of likely N-dealkylation sites (tertiary alicyclic amines) is 1. The molecule has 0 spiro atoms. The van der Waals surface area contributed by atoms with Gasteiger partial charge in [-0.2, -0.15) is 0 Å². The van der Waals surface area contributed by atoms with Gasteiger partial charge < -0.3 is 10.2 Å². The number of carbonyl (C=O) groups excluding carboxylic acids is 2. The summed E-state index contributed by atoms with van der Waals surface area (Å²) in [6, 6.07) is 19.8. The third kappa shape index (κ3) is 5.33. The molecule has 4 rings (SSSR count). The van der Waals surface area contributed by atoms with E-state index in [4.69, 9.17) is 0 Å². The Morgan fingerprint density at radius 3 is 2.38 bits per heavy atom. The molecule has 5 nitrogen and oxygen atoms in total. The molecule has 0 aliphatic carbocycles. The fourth-order valence-electron chi connectivity index (χ4n) is 4.65. The van der Waals surface area contributed by atoms with Gasteiger partial charge in [0.05, 0.1) is 11.5 Å². The molecule has 1 atom stereocenters. The van der Waals surface area contributed by atoms with Gasteiger partial charge in [0, 0.05) is 31.9 Å². The molecule has 1 fully saturated rings. The number of rotatable bonds is 7. The van der Waals surface area contributed by atoms with Crippen molar-refractivity contribution in [2.75, 3.05) is 13.1 Å². The van der Waals surface area contributed by atoms with Crippen molar-refractivity contribution in [1.82, 2.24) is 15.2 Å². The van der Waals surface area contributed by atoms with E-state index in [1.807, 2.05) is 54.3 Å². The number of piperidine rings is 1. The summed E-state index contributed by atoms with van der Waals surface area (Å²) < 4.78 is 13.1. The number of pyridine rings is 1. The molecule has 1 aromatic heterocycles. The van der Waals surface area contributed by atoms with Gasteiger partial charge >= 0.3 is 0 Å². The average molecular weight is 460 g/mol. The zero-order chi connectivity index (χ0) is 24.0. The van der Waals surface area contributed by atoms with Crippen molar-refractivity contribution in [3.8, 4) is 0 Å². The van der Waals surface area contributed by atoms with Gasteiger partial charge in [0.2, 0.25) is 11.8 Å².